The Morgan fingerprint density at radius 1 is 1.24 bits per heavy atom. The molecule has 0 saturated heterocycles. The Hall–Kier alpha value is -1.89. The van der Waals surface area contributed by atoms with E-state index in [0.717, 1.165) is 28.3 Å². The summed E-state index contributed by atoms with van der Waals surface area (Å²) in [5.74, 6) is 0.175. The Labute approximate surface area is 181 Å². The van der Waals surface area contributed by atoms with Gasteiger partial charge in [-0.2, -0.15) is 0 Å². The molecule has 2 heterocycles. The van der Waals surface area contributed by atoms with Gasteiger partial charge in [0.1, 0.15) is 0 Å². The summed E-state index contributed by atoms with van der Waals surface area (Å²) in [6, 6.07) is 7.71. The molecular formula is C22H28ClN3O2S. The lowest BCUT2D eigenvalue weighted by Crippen LogP contribution is -2.37. The van der Waals surface area contributed by atoms with Crippen LogP contribution in [0.2, 0.25) is 5.02 Å². The highest BCUT2D eigenvalue weighted by atomic mass is 35.5. The average molecular weight is 434 g/mol. The van der Waals surface area contributed by atoms with Crippen LogP contribution in [0.1, 0.15) is 32.9 Å². The molecule has 0 spiro atoms. The van der Waals surface area contributed by atoms with E-state index < -0.39 is 0 Å². The molecule has 29 heavy (non-hydrogen) atoms. The molecule has 0 fully saturated rings. The summed E-state index contributed by atoms with van der Waals surface area (Å²) in [4.78, 5) is 20.3. The molecule has 0 N–H and O–H groups in total. The molecule has 0 atom stereocenters. The van der Waals surface area contributed by atoms with Gasteiger partial charge in [0, 0.05) is 60.9 Å². The van der Waals surface area contributed by atoms with E-state index >= 15 is 0 Å². The third-order valence-corrected chi connectivity index (χ3v) is 5.80. The van der Waals surface area contributed by atoms with Gasteiger partial charge in [0.15, 0.2) is 4.96 Å². The van der Waals surface area contributed by atoms with Gasteiger partial charge in [-0.25, -0.2) is 4.98 Å². The summed E-state index contributed by atoms with van der Waals surface area (Å²) in [5, 5.41) is 2.84. The number of methoxy groups -OCH3 is 1. The maximum Gasteiger partial charge on any atom is 0.223 e. The molecule has 0 radical (unpaired) electrons. The van der Waals surface area contributed by atoms with Crippen LogP contribution < -0.4 is 0 Å². The van der Waals surface area contributed by atoms with Crippen LogP contribution in [-0.2, 0) is 16.0 Å². The van der Waals surface area contributed by atoms with Crippen molar-refractivity contribution in [3.05, 3.63) is 46.6 Å². The van der Waals surface area contributed by atoms with Crippen molar-refractivity contribution in [3.8, 4) is 11.3 Å². The number of halogens is 1. The summed E-state index contributed by atoms with van der Waals surface area (Å²) in [5.41, 5.74) is 3.09. The van der Waals surface area contributed by atoms with Crippen LogP contribution in [0.4, 0.5) is 0 Å². The van der Waals surface area contributed by atoms with Gasteiger partial charge in [0.25, 0.3) is 0 Å². The van der Waals surface area contributed by atoms with Gasteiger partial charge in [-0.3, -0.25) is 9.20 Å². The molecule has 0 unspecified atom stereocenters. The molecule has 3 aromatic rings. The van der Waals surface area contributed by atoms with Crippen molar-refractivity contribution in [1.82, 2.24) is 14.3 Å². The van der Waals surface area contributed by atoms with Crippen LogP contribution in [-0.4, -0.2) is 47.0 Å². The minimum absolute atomic E-state index is 0.0319. The third kappa shape index (κ3) is 5.81. The fourth-order valence-corrected chi connectivity index (χ4v) is 4.18. The number of hydrogen-bond donors (Lipinski definition) is 0. The van der Waals surface area contributed by atoms with Crippen molar-refractivity contribution in [2.75, 3.05) is 26.8 Å². The quantitative estimate of drug-likeness (QED) is 0.492. The molecule has 3 rings (SSSR count). The number of imidazole rings is 1. The zero-order chi connectivity index (χ0) is 21.0. The minimum Gasteiger partial charge on any atom is -0.383 e. The Morgan fingerprint density at radius 2 is 1.97 bits per heavy atom. The van der Waals surface area contributed by atoms with Gasteiger partial charge in [-0.05, 0) is 17.5 Å². The second kappa shape index (κ2) is 9.28. The summed E-state index contributed by atoms with van der Waals surface area (Å²) in [7, 11) is 1.67. The fraction of sp³-hybridized carbons (Fsp3) is 0.455. The molecule has 1 amide bonds. The van der Waals surface area contributed by atoms with Crippen molar-refractivity contribution in [2.45, 2.75) is 33.6 Å². The van der Waals surface area contributed by atoms with Gasteiger partial charge >= 0.3 is 0 Å². The van der Waals surface area contributed by atoms with Crippen molar-refractivity contribution < 1.29 is 9.53 Å². The van der Waals surface area contributed by atoms with Crippen LogP contribution in [0, 0.1) is 5.41 Å². The predicted octanol–water partition coefficient (Wildman–Crippen LogP) is 5.17. The number of carbonyl (C=O) groups excluding carboxylic acids is 1. The first-order valence-electron chi connectivity index (χ1n) is 9.75. The van der Waals surface area contributed by atoms with E-state index in [1.807, 2.05) is 29.2 Å². The minimum atomic E-state index is -0.0319. The third-order valence-electron chi connectivity index (χ3n) is 4.66. The van der Waals surface area contributed by atoms with Crippen molar-refractivity contribution in [2.24, 2.45) is 5.41 Å². The van der Waals surface area contributed by atoms with Crippen LogP contribution in [0.25, 0.3) is 16.2 Å². The Bertz CT molecular complexity index is 957. The molecule has 0 aliphatic carbocycles. The summed E-state index contributed by atoms with van der Waals surface area (Å²) < 4.78 is 7.33. The number of aromatic nitrogens is 2. The second-order valence-corrected chi connectivity index (χ2v) is 9.65. The number of fused-ring (bicyclic) bond motifs is 1. The normalized spacial score (nSPS) is 11.9. The average Bonchev–Trinajstić information content (AvgIpc) is 3.22. The Kier molecular flexibility index (Phi) is 6.98. The topological polar surface area (TPSA) is 46.8 Å². The lowest BCUT2D eigenvalue weighted by molar-refractivity contribution is -0.133. The molecule has 0 saturated carbocycles. The lowest BCUT2D eigenvalue weighted by Gasteiger charge is -2.26. The van der Waals surface area contributed by atoms with E-state index in [9.17, 15) is 4.79 Å². The highest BCUT2D eigenvalue weighted by molar-refractivity contribution is 7.15. The van der Waals surface area contributed by atoms with Crippen LogP contribution >= 0.6 is 22.9 Å². The maximum atomic E-state index is 12.7. The maximum absolute atomic E-state index is 12.7. The summed E-state index contributed by atoms with van der Waals surface area (Å²) in [6.45, 7) is 8.08. The van der Waals surface area contributed by atoms with E-state index in [1.54, 1.807) is 18.4 Å². The van der Waals surface area contributed by atoms with E-state index in [-0.39, 0.29) is 11.3 Å². The largest absolute Gasteiger partial charge is 0.383 e. The second-order valence-electron chi connectivity index (χ2n) is 8.37. The number of nitrogens with zero attached hydrogens (tertiary/aromatic N) is 3. The molecule has 156 valence electrons. The Balaban J connectivity index is 1.74. The first-order chi connectivity index (χ1) is 13.8. The number of amides is 1. The molecular weight excluding hydrogens is 406 g/mol. The lowest BCUT2D eigenvalue weighted by atomic mass is 9.91. The fourth-order valence-electron chi connectivity index (χ4n) is 3.15. The first kappa shape index (κ1) is 21.8. The zero-order valence-corrected chi connectivity index (χ0v) is 19.0. The number of rotatable bonds is 8. The highest BCUT2D eigenvalue weighted by Crippen LogP contribution is 2.25. The van der Waals surface area contributed by atoms with E-state index in [4.69, 9.17) is 21.3 Å². The van der Waals surface area contributed by atoms with Gasteiger partial charge in [0.2, 0.25) is 5.91 Å². The van der Waals surface area contributed by atoms with Crippen LogP contribution in [0.5, 0.6) is 0 Å². The standard InChI is InChI=1S/C22H28ClN3O2S/c1-22(2,3)13-20(27)25(11-12-28-4)10-9-18-15-29-21-24-19(14-26(18)21)16-5-7-17(23)8-6-16/h5-8,14-15H,9-13H2,1-4H3. The highest BCUT2D eigenvalue weighted by Gasteiger charge is 2.21. The van der Waals surface area contributed by atoms with Crippen LogP contribution in [0.15, 0.2) is 35.8 Å². The number of hydrogen-bond acceptors (Lipinski definition) is 4. The summed E-state index contributed by atoms with van der Waals surface area (Å²) in [6.07, 6.45) is 3.36. The van der Waals surface area contributed by atoms with Gasteiger partial charge in [-0.15, -0.1) is 11.3 Å². The molecule has 5 nitrogen and oxygen atoms in total. The van der Waals surface area contributed by atoms with Gasteiger partial charge in [-0.1, -0.05) is 44.5 Å². The molecule has 0 aliphatic heterocycles. The molecule has 0 aliphatic rings. The Morgan fingerprint density at radius 3 is 2.62 bits per heavy atom. The van der Waals surface area contributed by atoms with E-state index in [0.29, 0.717) is 31.1 Å². The monoisotopic (exact) mass is 433 g/mol. The smallest absolute Gasteiger partial charge is 0.223 e. The van der Waals surface area contributed by atoms with Gasteiger partial charge < -0.3 is 9.64 Å². The molecule has 1 aromatic carbocycles. The molecule has 0 bridgehead atoms. The first-order valence-corrected chi connectivity index (χ1v) is 11.0. The number of thiazole rings is 1. The molecule has 2 aromatic heterocycles. The van der Waals surface area contributed by atoms with Crippen molar-refractivity contribution in [3.63, 3.8) is 0 Å². The van der Waals surface area contributed by atoms with E-state index in [1.165, 1.54) is 0 Å². The van der Waals surface area contributed by atoms with Crippen molar-refractivity contribution >= 4 is 33.8 Å². The predicted molar refractivity (Wildman–Crippen MR) is 120 cm³/mol. The molecule has 7 heteroatoms. The zero-order valence-electron chi connectivity index (χ0n) is 17.4. The summed E-state index contributed by atoms with van der Waals surface area (Å²) >= 11 is 7.61. The SMILES string of the molecule is COCCN(CCc1csc2nc(-c3ccc(Cl)cc3)cn12)C(=O)CC(C)(C)C. The van der Waals surface area contributed by atoms with Crippen LogP contribution in [0.3, 0.4) is 0 Å². The number of ether oxygens (including phenoxy) is 1. The van der Waals surface area contributed by atoms with Crippen molar-refractivity contribution in [1.29, 1.82) is 0 Å². The number of benzene rings is 1. The van der Waals surface area contributed by atoms with E-state index in [2.05, 4.69) is 36.7 Å². The van der Waals surface area contributed by atoms with Gasteiger partial charge in [0.05, 0.1) is 12.3 Å². The number of carbonyl (C=O) groups is 1.